The number of halogens is 1. The van der Waals surface area contributed by atoms with Crippen LogP contribution in [-0.4, -0.2) is 5.27 Å². The summed E-state index contributed by atoms with van der Waals surface area (Å²) in [6.07, 6.45) is 1.69. The van der Waals surface area contributed by atoms with Gasteiger partial charge in [-0.1, -0.05) is 37.3 Å². The normalized spacial score (nSPS) is 11.8. The molecule has 4 nitrogen and oxygen atoms in total. The van der Waals surface area contributed by atoms with Crippen molar-refractivity contribution in [1.82, 2.24) is 5.27 Å². The Morgan fingerprint density at radius 3 is 2.62 bits per heavy atom. The van der Waals surface area contributed by atoms with E-state index in [-0.39, 0.29) is 12.4 Å². The standard InChI is InChI=1S/C11H14N3O.ClH/c1-9(10-5-3-2-4-6-10)7-14-8-11(12)15-13-14;/h2-6,8-9H,7,12H2,1H3;1H/q+1;/p-1. The van der Waals surface area contributed by atoms with Gasteiger partial charge in [0.05, 0.1) is 0 Å². The third kappa shape index (κ3) is 2.97. The van der Waals surface area contributed by atoms with Crippen LogP contribution in [0.1, 0.15) is 18.4 Å². The Hall–Kier alpha value is -1.55. The van der Waals surface area contributed by atoms with Crippen molar-refractivity contribution < 1.29 is 21.6 Å². The first-order chi connectivity index (χ1) is 7.25. The van der Waals surface area contributed by atoms with Crippen LogP contribution in [0.25, 0.3) is 0 Å². The number of nitrogens with zero attached hydrogens (tertiary/aromatic N) is 2. The lowest BCUT2D eigenvalue weighted by atomic mass is 10.0. The Kier molecular flexibility index (Phi) is 4.31. The average Bonchev–Trinajstić information content (AvgIpc) is 2.65. The zero-order valence-corrected chi connectivity index (χ0v) is 9.76. The van der Waals surface area contributed by atoms with Gasteiger partial charge in [0, 0.05) is 5.92 Å². The molecule has 2 N–H and O–H groups in total. The van der Waals surface area contributed by atoms with Crippen LogP contribution in [-0.2, 0) is 6.54 Å². The fourth-order valence-corrected chi connectivity index (χ4v) is 1.55. The van der Waals surface area contributed by atoms with Crippen molar-refractivity contribution >= 4 is 5.88 Å². The molecular weight excluding hydrogens is 226 g/mol. The van der Waals surface area contributed by atoms with Crippen molar-refractivity contribution in [2.24, 2.45) is 0 Å². The van der Waals surface area contributed by atoms with Crippen LogP contribution < -0.4 is 22.8 Å². The second-order valence-electron chi connectivity index (χ2n) is 3.64. The maximum atomic E-state index is 5.44. The molecular formula is C11H14ClN3O. The number of anilines is 1. The summed E-state index contributed by atoms with van der Waals surface area (Å²) in [4.78, 5) is 0. The van der Waals surface area contributed by atoms with E-state index in [1.165, 1.54) is 5.56 Å². The second kappa shape index (κ2) is 5.51. The molecule has 1 atom stereocenters. The summed E-state index contributed by atoms with van der Waals surface area (Å²) in [5.41, 5.74) is 6.73. The summed E-state index contributed by atoms with van der Waals surface area (Å²) in [5.74, 6) is 0.732. The highest BCUT2D eigenvalue weighted by Crippen LogP contribution is 2.14. The van der Waals surface area contributed by atoms with E-state index >= 15 is 0 Å². The van der Waals surface area contributed by atoms with Crippen LogP contribution in [0.5, 0.6) is 0 Å². The van der Waals surface area contributed by atoms with Crippen LogP contribution >= 0.6 is 0 Å². The minimum atomic E-state index is 0. The third-order valence-corrected chi connectivity index (χ3v) is 2.36. The number of hydrogen-bond acceptors (Lipinski definition) is 3. The minimum Gasteiger partial charge on any atom is -1.00 e. The quantitative estimate of drug-likeness (QED) is 0.654. The molecule has 0 radical (unpaired) electrons. The van der Waals surface area contributed by atoms with E-state index in [0.29, 0.717) is 11.8 Å². The lowest BCUT2D eigenvalue weighted by Gasteiger charge is -2.04. The van der Waals surface area contributed by atoms with Gasteiger partial charge in [-0.25, -0.2) is 0 Å². The number of aromatic nitrogens is 2. The fourth-order valence-electron chi connectivity index (χ4n) is 1.55. The van der Waals surface area contributed by atoms with Crippen LogP contribution in [0.2, 0.25) is 0 Å². The molecule has 0 spiro atoms. The molecule has 1 aromatic heterocycles. The first-order valence-electron chi connectivity index (χ1n) is 4.92. The van der Waals surface area contributed by atoms with Gasteiger partial charge in [-0.2, -0.15) is 0 Å². The summed E-state index contributed by atoms with van der Waals surface area (Å²) < 4.78 is 6.51. The largest absolute Gasteiger partial charge is 1.00 e. The van der Waals surface area contributed by atoms with E-state index in [4.69, 9.17) is 10.3 Å². The smallest absolute Gasteiger partial charge is 0.293 e. The maximum absolute atomic E-state index is 5.44. The van der Waals surface area contributed by atoms with Gasteiger partial charge in [0.1, 0.15) is 0 Å². The molecule has 2 rings (SSSR count). The Morgan fingerprint density at radius 2 is 2.06 bits per heavy atom. The third-order valence-electron chi connectivity index (χ3n) is 2.36. The molecule has 5 heteroatoms. The molecule has 0 saturated carbocycles. The Morgan fingerprint density at radius 1 is 1.38 bits per heavy atom. The van der Waals surface area contributed by atoms with Gasteiger partial charge in [-0.3, -0.25) is 4.52 Å². The molecule has 0 fully saturated rings. The van der Waals surface area contributed by atoms with Crippen molar-refractivity contribution in [1.29, 1.82) is 0 Å². The van der Waals surface area contributed by atoms with Gasteiger partial charge in [-0.05, 0) is 10.2 Å². The highest BCUT2D eigenvalue weighted by atomic mass is 35.5. The first kappa shape index (κ1) is 12.5. The van der Waals surface area contributed by atoms with Crippen molar-refractivity contribution in [3.8, 4) is 0 Å². The zero-order chi connectivity index (χ0) is 10.7. The lowest BCUT2D eigenvalue weighted by molar-refractivity contribution is -0.764. The Bertz CT molecular complexity index is 430. The van der Waals surface area contributed by atoms with E-state index in [9.17, 15) is 0 Å². The molecule has 0 amide bonds. The number of benzene rings is 1. The highest BCUT2D eigenvalue weighted by molar-refractivity contribution is 5.18. The lowest BCUT2D eigenvalue weighted by Crippen LogP contribution is -3.00. The summed E-state index contributed by atoms with van der Waals surface area (Å²) in [6.45, 7) is 2.91. The van der Waals surface area contributed by atoms with E-state index in [1.807, 2.05) is 18.2 Å². The fraction of sp³-hybridized carbons (Fsp3) is 0.273. The maximum Gasteiger partial charge on any atom is 0.293 e. The minimum absolute atomic E-state index is 0. The van der Waals surface area contributed by atoms with Crippen molar-refractivity contribution in [3.05, 3.63) is 42.1 Å². The predicted molar refractivity (Wildman–Crippen MR) is 56.0 cm³/mol. The number of nitrogens with two attached hydrogens (primary N) is 1. The van der Waals surface area contributed by atoms with Gasteiger partial charge in [-0.15, -0.1) is 0 Å². The molecule has 1 unspecified atom stereocenters. The van der Waals surface area contributed by atoms with Crippen LogP contribution in [0, 0.1) is 0 Å². The van der Waals surface area contributed by atoms with Gasteiger partial charge in [0.15, 0.2) is 6.54 Å². The van der Waals surface area contributed by atoms with Gasteiger partial charge in [0.25, 0.3) is 12.1 Å². The van der Waals surface area contributed by atoms with Gasteiger partial charge < -0.3 is 18.1 Å². The average molecular weight is 240 g/mol. The Labute approximate surface area is 100 Å². The molecule has 16 heavy (non-hydrogen) atoms. The highest BCUT2D eigenvalue weighted by Gasteiger charge is 2.15. The van der Waals surface area contributed by atoms with Crippen molar-refractivity contribution in [3.63, 3.8) is 0 Å². The SMILES string of the molecule is CC(C[n+]1cc(N)on1)c1ccccc1.[Cl-]. The van der Waals surface area contributed by atoms with Crippen LogP contribution in [0.4, 0.5) is 5.88 Å². The molecule has 0 aliphatic rings. The zero-order valence-electron chi connectivity index (χ0n) is 9.01. The number of hydrogen-bond donors (Lipinski definition) is 1. The van der Waals surface area contributed by atoms with E-state index in [2.05, 4.69) is 24.3 Å². The number of nitrogen functional groups attached to an aromatic ring is 1. The summed E-state index contributed by atoms with van der Waals surface area (Å²) >= 11 is 0. The van der Waals surface area contributed by atoms with Crippen LogP contribution in [0.3, 0.4) is 0 Å². The molecule has 86 valence electrons. The topological polar surface area (TPSA) is 55.9 Å². The molecule has 1 heterocycles. The molecule has 0 bridgehead atoms. The summed E-state index contributed by atoms with van der Waals surface area (Å²) in [6, 6.07) is 10.3. The van der Waals surface area contributed by atoms with Gasteiger partial charge in [0.2, 0.25) is 5.27 Å². The molecule has 1 aromatic carbocycles. The van der Waals surface area contributed by atoms with E-state index in [0.717, 1.165) is 6.54 Å². The molecule has 0 aliphatic heterocycles. The van der Waals surface area contributed by atoms with E-state index < -0.39 is 0 Å². The van der Waals surface area contributed by atoms with Crippen molar-refractivity contribution in [2.75, 3.05) is 5.73 Å². The summed E-state index contributed by atoms with van der Waals surface area (Å²) in [7, 11) is 0. The Balaban J connectivity index is 0.00000128. The van der Waals surface area contributed by atoms with E-state index in [1.54, 1.807) is 10.9 Å². The van der Waals surface area contributed by atoms with Gasteiger partial charge >= 0.3 is 0 Å². The number of rotatable bonds is 3. The van der Waals surface area contributed by atoms with Crippen molar-refractivity contribution in [2.45, 2.75) is 19.4 Å². The predicted octanol–water partition coefficient (Wildman–Crippen LogP) is -1.65. The monoisotopic (exact) mass is 239 g/mol. The van der Waals surface area contributed by atoms with Crippen LogP contribution in [0.15, 0.2) is 41.1 Å². The molecule has 2 aromatic rings. The first-order valence-corrected chi connectivity index (χ1v) is 4.92. The second-order valence-corrected chi connectivity index (χ2v) is 3.64. The summed E-state index contributed by atoms with van der Waals surface area (Å²) in [5, 5.41) is 3.80. The molecule has 0 saturated heterocycles. The molecule has 0 aliphatic carbocycles.